The van der Waals surface area contributed by atoms with Crippen molar-refractivity contribution in [1.29, 1.82) is 0 Å². The predicted octanol–water partition coefficient (Wildman–Crippen LogP) is 5.63. The molecule has 5 rings (SSSR count). The number of nitrogens with one attached hydrogen (secondary N) is 2. The SMILES string of the molecule is CCCCCS(=O)(=O)NC(=O)c1cc(C)c2c(n1)NC(C)N2Cc1cccc(C#CCl)c1.c1cc2ccc1-2. The van der Waals surface area contributed by atoms with Gasteiger partial charge in [-0.3, -0.25) is 4.79 Å². The molecular formula is C29H31ClN4O3S. The molecule has 0 bridgehead atoms. The van der Waals surface area contributed by atoms with E-state index in [1.807, 2.05) is 45.0 Å². The lowest BCUT2D eigenvalue weighted by atomic mass is 9.95. The smallest absolute Gasteiger partial charge is 0.283 e. The van der Waals surface area contributed by atoms with Gasteiger partial charge >= 0.3 is 0 Å². The number of hydrogen-bond acceptors (Lipinski definition) is 6. The van der Waals surface area contributed by atoms with E-state index in [9.17, 15) is 13.2 Å². The number of nitrogens with zero attached hydrogens (tertiary/aromatic N) is 2. The molecule has 1 atom stereocenters. The Morgan fingerprint density at radius 1 is 1.13 bits per heavy atom. The van der Waals surface area contributed by atoms with Gasteiger partial charge in [0, 0.05) is 17.5 Å². The van der Waals surface area contributed by atoms with Crippen molar-refractivity contribution in [3.05, 3.63) is 77.0 Å². The van der Waals surface area contributed by atoms with Crippen LogP contribution in [0, 0.1) is 18.2 Å². The summed E-state index contributed by atoms with van der Waals surface area (Å²) in [5.74, 6) is 2.61. The number of aryl methyl sites for hydroxylation is 1. The molecule has 0 fully saturated rings. The van der Waals surface area contributed by atoms with E-state index in [-0.39, 0.29) is 17.6 Å². The summed E-state index contributed by atoms with van der Waals surface area (Å²) in [6, 6.07) is 17.9. The molecule has 1 amide bonds. The highest BCUT2D eigenvalue weighted by atomic mass is 35.5. The molecule has 38 heavy (non-hydrogen) atoms. The van der Waals surface area contributed by atoms with Gasteiger partial charge in [0.15, 0.2) is 5.82 Å². The maximum atomic E-state index is 12.6. The average Bonchev–Trinajstić information content (AvgIpc) is 3.17. The zero-order valence-electron chi connectivity index (χ0n) is 21.7. The third kappa shape index (κ3) is 6.47. The van der Waals surface area contributed by atoms with Crippen LogP contribution < -0.4 is 14.9 Å². The van der Waals surface area contributed by atoms with E-state index in [1.165, 1.54) is 11.1 Å². The summed E-state index contributed by atoms with van der Waals surface area (Å²) in [5.41, 5.74) is 6.53. The van der Waals surface area contributed by atoms with E-state index in [2.05, 4.69) is 55.5 Å². The molecule has 2 aliphatic carbocycles. The standard InChI is InChI=1S/C23H27ClN4O3S.C6H4/c1-4-5-6-12-32(30,31)27-23(29)20-13-16(2)21-22(26-20)25-17(3)28(21)15-19-9-7-8-18(14-19)10-11-24;1-2-6-4-3-5(1)6/h7-9,13-14,17H,4-6,12,15H2,1-3H3,(H,25,26)(H,27,29);1-4H. The van der Waals surface area contributed by atoms with Crippen molar-refractivity contribution in [1.82, 2.24) is 9.71 Å². The Morgan fingerprint density at radius 3 is 2.45 bits per heavy atom. The van der Waals surface area contributed by atoms with E-state index in [1.54, 1.807) is 6.07 Å². The highest BCUT2D eigenvalue weighted by Gasteiger charge is 2.30. The Bertz CT molecular complexity index is 1470. The van der Waals surface area contributed by atoms with Crippen LogP contribution in [-0.4, -0.2) is 31.2 Å². The number of unbranched alkanes of at least 4 members (excludes halogenated alkanes) is 2. The lowest BCUT2D eigenvalue weighted by molar-refractivity contribution is 0.0976. The Balaban J connectivity index is 0.000000483. The number of carbonyl (C=O) groups is 1. The predicted molar refractivity (Wildman–Crippen MR) is 154 cm³/mol. The summed E-state index contributed by atoms with van der Waals surface area (Å²) in [7, 11) is -3.69. The van der Waals surface area contributed by atoms with E-state index < -0.39 is 15.9 Å². The van der Waals surface area contributed by atoms with Crippen LogP contribution >= 0.6 is 11.6 Å². The van der Waals surface area contributed by atoms with Gasteiger partial charge in [-0.1, -0.05) is 56.2 Å². The van der Waals surface area contributed by atoms with Gasteiger partial charge in [-0.15, -0.1) is 0 Å². The van der Waals surface area contributed by atoms with Crippen molar-refractivity contribution in [3.63, 3.8) is 0 Å². The number of pyridine rings is 1. The molecule has 2 heterocycles. The summed E-state index contributed by atoms with van der Waals surface area (Å²) in [6.45, 7) is 6.49. The van der Waals surface area contributed by atoms with Gasteiger partial charge < -0.3 is 10.2 Å². The molecule has 7 nitrogen and oxygen atoms in total. The van der Waals surface area contributed by atoms with Gasteiger partial charge in [0.1, 0.15) is 5.69 Å². The van der Waals surface area contributed by atoms with Crippen LogP contribution in [0.2, 0.25) is 0 Å². The normalized spacial score (nSPS) is 14.3. The first kappa shape index (κ1) is 27.5. The molecule has 1 aliphatic heterocycles. The summed E-state index contributed by atoms with van der Waals surface area (Å²) >= 11 is 5.52. The van der Waals surface area contributed by atoms with Gasteiger partial charge in [0.05, 0.1) is 17.6 Å². The fraction of sp³-hybridized carbons (Fsp3) is 0.310. The van der Waals surface area contributed by atoms with Crippen LogP contribution in [0.3, 0.4) is 0 Å². The van der Waals surface area contributed by atoms with Crippen molar-refractivity contribution in [3.8, 4) is 22.4 Å². The molecule has 3 aliphatic rings. The number of hydrogen-bond donors (Lipinski definition) is 2. The fourth-order valence-corrected chi connectivity index (χ4v) is 5.56. The van der Waals surface area contributed by atoms with Crippen molar-refractivity contribution < 1.29 is 13.2 Å². The second-order valence-corrected chi connectivity index (χ2v) is 11.5. The van der Waals surface area contributed by atoms with Gasteiger partial charge in [0.25, 0.3) is 5.91 Å². The molecule has 0 spiro atoms. The van der Waals surface area contributed by atoms with Crippen LogP contribution in [0.4, 0.5) is 11.5 Å². The van der Waals surface area contributed by atoms with Gasteiger partial charge in [-0.25, -0.2) is 18.1 Å². The fourth-order valence-electron chi connectivity index (χ4n) is 4.38. The van der Waals surface area contributed by atoms with Crippen LogP contribution in [0.15, 0.2) is 54.6 Å². The zero-order valence-corrected chi connectivity index (χ0v) is 23.3. The van der Waals surface area contributed by atoms with Gasteiger partial charge in [-0.05, 0) is 78.2 Å². The lowest BCUT2D eigenvalue weighted by Crippen LogP contribution is -2.33. The van der Waals surface area contributed by atoms with Gasteiger partial charge in [-0.2, -0.15) is 0 Å². The maximum Gasteiger partial charge on any atom is 0.283 e. The van der Waals surface area contributed by atoms with Gasteiger partial charge in [0.2, 0.25) is 10.0 Å². The monoisotopic (exact) mass is 550 g/mol. The number of anilines is 2. The molecule has 1 aromatic carbocycles. The largest absolute Gasteiger partial charge is 0.348 e. The van der Waals surface area contributed by atoms with Crippen molar-refractivity contribution >= 4 is 39.0 Å². The van der Waals surface area contributed by atoms with Crippen LogP contribution in [0.1, 0.15) is 60.3 Å². The second kappa shape index (κ2) is 11.9. The minimum Gasteiger partial charge on any atom is -0.348 e. The summed E-state index contributed by atoms with van der Waals surface area (Å²) < 4.78 is 26.5. The Morgan fingerprint density at radius 2 is 1.84 bits per heavy atom. The number of amides is 1. The average molecular weight is 551 g/mol. The number of fused-ring (bicyclic) bond motifs is 2. The summed E-state index contributed by atoms with van der Waals surface area (Å²) in [6.07, 6.45) is 2.15. The molecule has 0 saturated carbocycles. The van der Waals surface area contributed by atoms with Crippen molar-refractivity contribution in [2.45, 2.75) is 52.7 Å². The molecule has 9 heteroatoms. The quantitative estimate of drug-likeness (QED) is 0.218. The van der Waals surface area contributed by atoms with Crippen LogP contribution in [0.5, 0.6) is 0 Å². The second-order valence-electron chi connectivity index (χ2n) is 9.42. The zero-order chi connectivity index (χ0) is 27.3. The first-order chi connectivity index (χ1) is 18.2. The minimum absolute atomic E-state index is 0.0601. The number of halogens is 1. The third-order valence-corrected chi connectivity index (χ3v) is 7.89. The molecule has 0 radical (unpaired) electrons. The molecule has 1 unspecified atom stereocenters. The third-order valence-electron chi connectivity index (χ3n) is 6.47. The van der Waals surface area contributed by atoms with E-state index in [0.717, 1.165) is 35.2 Å². The Kier molecular flexibility index (Phi) is 8.60. The van der Waals surface area contributed by atoms with Crippen LogP contribution in [0.25, 0.3) is 11.1 Å². The Hall–Kier alpha value is -3.54. The minimum atomic E-state index is -3.69. The van der Waals surface area contributed by atoms with E-state index in [0.29, 0.717) is 18.8 Å². The number of rotatable bonds is 8. The highest BCUT2D eigenvalue weighted by molar-refractivity contribution is 7.90. The van der Waals surface area contributed by atoms with E-state index in [4.69, 9.17) is 11.6 Å². The maximum absolute atomic E-state index is 12.6. The van der Waals surface area contributed by atoms with Crippen molar-refractivity contribution in [2.24, 2.45) is 0 Å². The summed E-state index contributed by atoms with van der Waals surface area (Å²) in [5, 5.41) is 5.68. The number of aromatic nitrogens is 1. The molecule has 198 valence electrons. The number of sulfonamides is 1. The first-order valence-electron chi connectivity index (χ1n) is 12.6. The number of carbonyl (C=O) groups excluding carboxylic acids is 1. The lowest BCUT2D eigenvalue weighted by Gasteiger charge is -2.25. The topological polar surface area (TPSA) is 91.4 Å². The number of benzene rings is 2. The molecule has 2 aromatic rings. The molecular weight excluding hydrogens is 520 g/mol. The van der Waals surface area contributed by atoms with Crippen LogP contribution in [-0.2, 0) is 16.6 Å². The van der Waals surface area contributed by atoms with E-state index >= 15 is 0 Å². The summed E-state index contributed by atoms with van der Waals surface area (Å²) in [4.78, 5) is 19.1. The molecule has 2 N–H and O–H groups in total. The first-order valence-corrected chi connectivity index (χ1v) is 14.6. The molecule has 1 aromatic heterocycles. The molecule has 0 saturated heterocycles. The highest BCUT2D eigenvalue weighted by Crippen LogP contribution is 2.37. The Labute approximate surface area is 229 Å². The van der Waals surface area contributed by atoms with Crippen molar-refractivity contribution in [2.75, 3.05) is 16.0 Å².